The lowest BCUT2D eigenvalue weighted by Crippen LogP contribution is -2.71. The summed E-state index contributed by atoms with van der Waals surface area (Å²) in [6.45, 7) is 7.69. The molecule has 39 heavy (non-hydrogen) atoms. The number of aromatic nitrogens is 1. The number of ether oxygens (including phenoxy) is 1. The Morgan fingerprint density at radius 3 is 2.56 bits per heavy atom. The molecule has 0 radical (unpaired) electrons. The van der Waals surface area contributed by atoms with Crippen LogP contribution in [-0.4, -0.2) is 60.5 Å². The van der Waals surface area contributed by atoms with E-state index in [0.29, 0.717) is 5.41 Å². The van der Waals surface area contributed by atoms with Crippen molar-refractivity contribution in [3.05, 3.63) is 64.8 Å². The minimum atomic E-state index is 0.145. The minimum Gasteiger partial charge on any atom is -0.496 e. The number of rotatable bonds is 5. The monoisotopic (exact) mass is 523 g/mol. The van der Waals surface area contributed by atoms with Gasteiger partial charge in [-0.2, -0.15) is 5.26 Å². The summed E-state index contributed by atoms with van der Waals surface area (Å²) in [6, 6.07) is 15.4. The first kappa shape index (κ1) is 24.7. The minimum absolute atomic E-state index is 0.145. The molecule has 2 N–H and O–H groups in total. The van der Waals surface area contributed by atoms with E-state index in [1.807, 2.05) is 23.2 Å². The Bertz CT molecular complexity index is 1450. The first-order valence-corrected chi connectivity index (χ1v) is 14.3. The Morgan fingerprint density at radius 2 is 1.90 bits per heavy atom. The number of piperidine rings is 1. The molecule has 202 valence electrons. The quantitative estimate of drug-likeness (QED) is 0.503. The van der Waals surface area contributed by atoms with E-state index in [0.717, 1.165) is 76.3 Å². The molecule has 3 aromatic rings. The summed E-state index contributed by atoms with van der Waals surface area (Å²) in [6.07, 6.45) is 6.19. The first-order chi connectivity index (χ1) is 18.9. The summed E-state index contributed by atoms with van der Waals surface area (Å²) in [5.74, 6) is 1.27. The molecular formula is C32H37N5O2. The summed E-state index contributed by atoms with van der Waals surface area (Å²) in [7, 11) is 1.76. The maximum Gasteiger partial charge on any atom is 0.253 e. The van der Waals surface area contributed by atoms with Gasteiger partial charge in [0.1, 0.15) is 5.75 Å². The number of fused-ring (bicyclic) bond motifs is 1. The van der Waals surface area contributed by atoms with Crippen molar-refractivity contribution in [3.8, 4) is 11.8 Å². The smallest absolute Gasteiger partial charge is 0.253 e. The molecule has 1 aliphatic carbocycles. The van der Waals surface area contributed by atoms with Crippen molar-refractivity contribution in [2.24, 2.45) is 16.7 Å². The zero-order chi connectivity index (χ0) is 26.8. The second-order valence-corrected chi connectivity index (χ2v) is 12.7. The van der Waals surface area contributed by atoms with E-state index in [1.54, 1.807) is 7.11 Å². The largest absolute Gasteiger partial charge is 0.496 e. The highest BCUT2D eigenvalue weighted by atomic mass is 16.5. The molecule has 4 fully saturated rings. The van der Waals surface area contributed by atoms with Gasteiger partial charge in [-0.1, -0.05) is 12.1 Å². The number of nitriles is 1. The van der Waals surface area contributed by atoms with Crippen LogP contribution in [0, 0.1) is 35.0 Å². The molecule has 1 saturated carbocycles. The summed E-state index contributed by atoms with van der Waals surface area (Å²) in [5, 5.41) is 14.0. The molecule has 0 bridgehead atoms. The number of nitrogens with zero attached hydrogens (tertiary/aromatic N) is 3. The van der Waals surface area contributed by atoms with Crippen LogP contribution in [-0.2, 0) is 6.54 Å². The van der Waals surface area contributed by atoms with Crippen molar-refractivity contribution < 1.29 is 9.53 Å². The summed E-state index contributed by atoms with van der Waals surface area (Å²) in [5.41, 5.74) is 6.18. The van der Waals surface area contributed by atoms with Crippen molar-refractivity contribution in [1.82, 2.24) is 20.1 Å². The number of nitrogens with one attached hydrogen (secondary N) is 2. The molecule has 3 aliphatic heterocycles. The molecule has 4 heterocycles. The van der Waals surface area contributed by atoms with E-state index >= 15 is 0 Å². The predicted molar refractivity (Wildman–Crippen MR) is 150 cm³/mol. The van der Waals surface area contributed by atoms with Crippen molar-refractivity contribution in [1.29, 1.82) is 5.26 Å². The first-order valence-electron chi connectivity index (χ1n) is 14.3. The summed E-state index contributed by atoms with van der Waals surface area (Å²) in [4.78, 5) is 21.1. The Balaban J connectivity index is 1.16. The van der Waals surface area contributed by atoms with Crippen molar-refractivity contribution in [2.45, 2.75) is 45.2 Å². The lowest BCUT2D eigenvalue weighted by molar-refractivity contribution is -0.0298. The van der Waals surface area contributed by atoms with Gasteiger partial charge in [-0.05, 0) is 80.0 Å². The summed E-state index contributed by atoms with van der Waals surface area (Å²) < 4.78 is 5.87. The Morgan fingerprint density at radius 1 is 1.13 bits per heavy atom. The van der Waals surface area contributed by atoms with Crippen LogP contribution in [0.25, 0.3) is 10.9 Å². The van der Waals surface area contributed by atoms with Crippen molar-refractivity contribution in [2.75, 3.05) is 39.8 Å². The third kappa shape index (κ3) is 4.04. The molecule has 1 atom stereocenters. The number of aromatic amines is 1. The van der Waals surface area contributed by atoms with Gasteiger partial charge in [-0.25, -0.2) is 0 Å². The maximum absolute atomic E-state index is 13.1. The van der Waals surface area contributed by atoms with Gasteiger partial charge in [0.2, 0.25) is 0 Å². The standard InChI is InChI=1S/C32H37N5O2/c1-21-11-28(39-2)26(25-7-9-35-29(21)25)16-36-10-8-31(12-22(13-31)15-33)14-27(36)23-3-5-24(6-4-23)30(38)37-19-32(20-37)17-34-18-32/h3-7,9,11,22,27,34-35H,8,10,12-14,16-20H2,1-2H3/t22?,27-,31?/m0/s1. The topological polar surface area (TPSA) is 84.4 Å². The molecule has 4 aliphatic rings. The van der Waals surface area contributed by atoms with Gasteiger partial charge in [-0.3, -0.25) is 9.69 Å². The average Bonchev–Trinajstić information content (AvgIpc) is 3.38. The highest BCUT2D eigenvalue weighted by molar-refractivity contribution is 5.95. The summed E-state index contributed by atoms with van der Waals surface area (Å²) >= 11 is 0. The number of carbonyl (C=O) groups is 1. The third-order valence-corrected chi connectivity index (χ3v) is 10.1. The van der Waals surface area contributed by atoms with Gasteiger partial charge in [0.05, 0.1) is 13.2 Å². The second-order valence-electron chi connectivity index (χ2n) is 12.7. The van der Waals surface area contributed by atoms with Crippen LogP contribution >= 0.6 is 0 Å². The molecule has 1 aromatic heterocycles. The fourth-order valence-corrected chi connectivity index (χ4v) is 7.77. The molecule has 2 aromatic carbocycles. The molecular weight excluding hydrogens is 486 g/mol. The van der Waals surface area contributed by atoms with Gasteiger partial charge < -0.3 is 19.9 Å². The average molecular weight is 524 g/mol. The van der Waals surface area contributed by atoms with Crippen LogP contribution in [0.4, 0.5) is 0 Å². The molecule has 3 saturated heterocycles. The molecule has 2 spiro atoms. The third-order valence-electron chi connectivity index (χ3n) is 10.1. The van der Waals surface area contributed by atoms with Crippen molar-refractivity contribution >= 4 is 16.8 Å². The number of likely N-dealkylation sites (tertiary alicyclic amines) is 2. The van der Waals surface area contributed by atoms with Gasteiger partial charge in [0.15, 0.2) is 0 Å². The van der Waals surface area contributed by atoms with E-state index in [-0.39, 0.29) is 23.3 Å². The molecule has 1 amide bonds. The highest BCUT2D eigenvalue weighted by Crippen LogP contribution is 2.57. The van der Waals surface area contributed by atoms with Gasteiger partial charge >= 0.3 is 0 Å². The van der Waals surface area contributed by atoms with Crippen LogP contribution < -0.4 is 10.1 Å². The number of hydrogen-bond donors (Lipinski definition) is 2. The van der Waals surface area contributed by atoms with Gasteiger partial charge in [0, 0.05) is 78.3 Å². The Labute approximate surface area is 230 Å². The van der Waals surface area contributed by atoms with Gasteiger partial charge in [0.25, 0.3) is 5.91 Å². The van der Waals surface area contributed by atoms with Crippen LogP contribution in [0.2, 0.25) is 0 Å². The van der Waals surface area contributed by atoms with Crippen LogP contribution in [0.3, 0.4) is 0 Å². The number of aryl methyl sites for hydroxylation is 1. The van der Waals surface area contributed by atoms with E-state index in [1.165, 1.54) is 27.6 Å². The van der Waals surface area contributed by atoms with Gasteiger partial charge in [-0.15, -0.1) is 0 Å². The number of benzene rings is 2. The van der Waals surface area contributed by atoms with Crippen LogP contribution in [0.15, 0.2) is 42.6 Å². The Hall–Kier alpha value is -3.34. The Kier molecular flexibility index (Phi) is 5.76. The number of carbonyl (C=O) groups excluding carboxylic acids is 1. The second kappa shape index (κ2) is 9.11. The fourth-order valence-electron chi connectivity index (χ4n) is 7.77. The highest BCUT2D eigenvalue weighted by Gasteiger charge is 2.50. The number of amides is 1. The van der Waals surface area contributed by atoms with Crippen LogP contribution in [0.1, 0.15) is 58.8 Å². The lowest BCUT2D eigenvalue weighted by Gasteiger charge is -2.56. The van der Waals surface area contributed by atoms with E-state index in [4.69, 9.17) is 4.74 Å². The zero-order valence-corrected chi connectivity index (χ0v) is 22.9. The number of hydrogen-bond acceptors (Lipinski definition) is 5. The maximum atomic E-state index is 13.1. The van der Waals surface area contributed by atoms with E-state index in [9.17, 15) is 10.1 Å². The number of methoxy groups -OCH3 is 1. The van der Waals surface area contributed by atoms with Crippen LogP contribution in [0.5, 0.6) is 5.75 Å². The van der Waals surface area contributed by atoms with Crippen molar-refractivity contribution in [3.63, 3.8) is 0 Å². The zero-order valence-electron chi connectivity index (χ0n) is 22.9. The number of H-pyrrole nitrogens is 1. The molecule has 7 heteroatoms. The van der Waals surface area contributed by atoms with E-state index in [2.05, 4.69) is 52.5 Å². The fraction of sp³-hybridized carbons (Fsp3) is 0.500. The molecule has 0 unspecified atom stereocenters. The molecule has 7 nitrogen and oxygen atoms in total. The normalized spacial score (nSPS) is 27.6. The SMILES string of the molecule is COc1cc(C)c2[nH]ccc2c1CN1CCC2(CC(C#N)C2)C[C@H]1c1ccc(C(=O)N2CC3(CNC3)C2)cc1. The molecule has 7 rings (SSSR count). The predicted octanol–water partition coefficient (Wildman–Crippen LogP) is 4.79. The lowest BCUT2D eigenvalue weighted by atomic mass is 9.56. The van der Waals surface area contributed by atoms with E-state index < -0.39 is 0 Å².